The molecule has 1 aliphatic rings. The van der Waals surface area contributed by atoms with Crippen LogP contribution in [0.2, 0.25) is 0 Å². The van der Waals surface area contributed by atoms with Gasteiger partial charge in [0.05, 0.1) is 20.4 Å². The van der Waals surface area contributed by atoms with Crippen molar-refractivity contribution in [3.8, 4) is 23.1 Å². The highest BCUT2D eigenvalue weighted by Crippen LogP contribution is 2.31. The van der Waals surface area contributed by atoms with Gasteiger partial charge in [0.1, 0.15) is 5.69 Å². The maximum atomic E-state index is 12.9. The van der Waals surface area contributed by atoms with Gasteiger partial charge in [0, 0.05) is 37.0 Å². The fourth-order valence-electron chi connectivity index (χ4n) is 3.22. The van der Waals surface area contributed by atoms with Gasteiger partial charge in [-0.05, 0) is 24.6 Å². The molecule has 3 aromatic rings. The molecule has 3 heterocycles. The summed E-state index contributed by atoms with van der Waals surface area (Å²) in [7, 11) is 3.10. The van der Waals surface area contributed by atoms with Gasteiger partial charge in [-0.3, -0.25) is 9.78 Å². The summed E-state index contributed by atoms with van der Waals surface area (Å²) >= 11 is 0. The average molecular weight is 381 g/mol. The molecule has 0 saturated carbocycles. The first kappa shape index (κ1) is 17.9. The van der Waals surface area contributed by atoms with E-state index in [1.165, 1.54) is 0 Å². The summed E-state index contributed by atoms with van der Waals surface area (Å²) in [6.45, 7) is 1.14. The minimum Gasteiger partial charge on any atom is -0.493 e. The molecular formula is C19H19N5O4. The lowest BCUT2D eigenvalue weighted by Crippen LogP contribution is -2.28. The highest BCUT2D eigenvalue weighted by Gasteiger charge is 2.31. The number of carbonyl (C=O) groups excluding carboxylic acids is 1. The van der Waals surface area contributed by atoms with E-state index in [2.05, 4.69) is 20.1 Å². The third kappa shape index (κ3) is 3.38. The van der Waals surface area contributed by atoms with Crippen LogP contribution in [0, 0.1) is 0 Å². The number of likely N-dealkylation sites (tertiary alicyclic amines) is 1. The second kappa shape index (κ2) is 7.63. The van der Waals surface area contributed by atoms with Crippen LogP contribution in [0.5, 0.6) is 11.5 Å². The minimum absolute atomic E-state index is 0.0123. The van der Waals surface area contributed by atoms with Gasteiger partial charge in [0.2, 0.25) is 0 Å². The fourth-order valence-corrected chi connectivity index (χ4v) is 3.22. The number of hydrogen-bond donors (Lipinski definition) is 0. The molecular weight excluding hydrogens is 362 g/mol. The Morgan fingerprint density at radius 2 is 2.07 bits per heavy atom. The predicted molar refractivity (Wildman–Crippen MR) is 98.1 cm³/mol. The van der Waals surface area contributed by atoms with Crippen molar-refractivity contribution in [2.24, 2.45) is 0 Å². The molecule has 0 spiro atoms. The van der Waals surface area contributed by atoms with Crippen molar-refractivity contribution in [3.05, 3.63) is 48.2 Å². The van der Waals surface area contributed by atoms with Crippen molar-refractivity contribution >= 4 is 5.91 Å². The monoisotopic (exact) mass is 381 g/mol. The lowest BCUT2D eigenvalue weighted by atomic mass is 10.1. The second-order valence-electron chi connectivity index (χ2n) is 6.35. The van der Waals surface area contributed by atoms with Crippen LogP contribution in [0.4, 0.5) is 0 Å². The van der Waals surface area contributed by atoms with Crippen LogP contribution in [0.3, 0.4) is 0 Å². The molecule has 1 atom stereocenters. The number of aromatic nitrogens is 4. The molecule has 0 bridgehead atoms. The van der Waals surface area contributed by atoms with E-state index in [9.17, 15) is 4.79 Å². The van der Waals surface area contributed by atoms with Crippen LogP contribution in [0.25, 0.3) is 11.6 Å². The molecule has 144 valence electrons. The molecule has 9 nitrogen and oxygen atoms in total. The minimum atomic E-state index is -0.0684. The van der Waals surface area contributed by atoms with E-state index in [1.807, 2.05) is 0 Å². The van der Waals surface area contributed by atoms with Crippen molar-refractivity contribution in [3.63, 3.8) is 0 Å². The summed E-state index contributed by atoms with van der Waals surface area (Å²) in [6, 6.07) is 5.15. The van der Waals surface area contributed by atoms with Gasteiger partial charge in [-0.25, -0.2) is 4.98 Å². The Labute approximate surface area is 161 Å². The van der Waals surface area contributed by atoms with Crippen molar-refractivity contribution in [2.45, 2.75) is 12.3 Å². The maximum Gasteiger partial charge on any atom is 0.278 e. The number of nitrogens with zero attached hydrogens (tertiary/aromatic N) is 5. The van der Waals surface area contributed by atoms with Gasteiger partial charge in [-0.2, -0.15) is 4.98 Å². The van der Waals surface area contributed by atoms with Crippen molar-refractivity contribution < 1.29 is 18.8 Å². The molecule has 1 amide bonds. The first-order chi connectivity index (χ1) is 13.7. The van der Waals surface area contributed by atoms with E-state index in [4.69, 9.17) is 14.0 Å². The molecule has 1 unspecified atom stereocenters. The molecule has 0 radical (unpaired) electrons. The van der Waals surface area contributed by atoms with Gasteiger partial charge < -0.3 is 18.9 Å². The van der Waals surface area contributed by atoms with E-state index >= 15 is 0 Å². The molecule has 4 rings (SSSR count). The lowest BCUT2D eigenvalue weighted by molar-refractivity contribution is 0.0790. The summed E-state index contributed by atoms with van der Waals surface area (Å²) in [5, 5.41) is 4.06. The quantitative estimate of drug-likeness (QED) is 0.662. The number of carbonyl (C=O) groups is 1. The van der Waals surface area contributed by atoms with Gasteiger partial charge in [0.25, 0.3) is 11.8 Å². The number of ether oxygens (including phenoxy) is 2. The SMILES string of the molecule is COc1ccc(C(=O)N2CCC(c3noc(-c4cnccn4)n3)C2)cc1OC. The highest BCUT2D eigenvalue weighted by molar-refractivity contribution is 5.95. The first-order valence-corrected chi connectivity index (χ1v) is 8.81. The number of hydrogen-bond acceptors (Lipinski definition) is 8. The molecule has 1 aliphatic heterocycles. The number of amides is 1. The van der Waals surface area contributed by atoms with Crippen molar-refractivity contribution in [2.75, 3.05) is 27.3 Å². The Kier molecular flexibility index (Phi) is 4.88. The fraction of sp³-hybridized carbons (Fsp3) is 0.316. The molecule has 2 aromatic heterocycles. The summed E-state index contributed by atoms with van der Waals surface area (Å²) in [5.41, 5.74) is 1.07. The zero-order valence-corrected chi connectivity index (χ0v) is 15.5. The first-order valence-electron chi connectivity index (χ1n) is 8.81. The van der Waals surface area contributed by atoms with Crippen LogP contribution in [0.1, 0.15) is 28.5 Å². The van der Waals surface area contributed by atoms with Crippen LogP contribution in [0.15, 0.2) is 41.3 Å². The lowest BCUT2D eigenvalue weighted by Gasteiger charge is -2.17. The van der Waals surface area contributed by atoms with Crippen LogP contribution in [-0.4, -0.2) is 58.2 Å². The molecule has 1 aromatic carbocycles. The van der Waals surface area contributed by atoms with Crippen molar-refractivity contribution in [1.29, 1.82) is 0 Å². The third-order valence-corrected chi connectivity index (χ3v) is 4.70. The Hall–Kier alpha value is -3.49. The largest absolute Gasteiger partial charge is 0.493 e. The van der Waals surface area contributed by atoms with E-state index in [-0.39, 0.29) is 11.8 Å². The number of rotatable bonds is 5. The summed E-state index contributed by atoms with van der Waals surface area (Å²) < 4.78 is 15.8. The normalized spacial score (nSPS) is 16.2. The molecule has 1 fully saturated rings. The molecule has 0 aliphatic carbocycles. The summed E-state index contributed by atoms with van der Waals surface area (Å²) in [4.78, 5) is 27.2. The van der Waals surface area contributed by atoms with Crippen LogP contribution in [-0.2, 0) is 0 Å². The topological polar surface area (TPSA) is 103 Å². The molecule has 1 saturated heterocycles. The summed E-state index contributed by atoms with van der Waals surface area (Å²) in [6.07, 6.45) is 5.48. The number of benzene rings is 1. The zero-order chi connectivity index (χ0) is 19.5. The standard InChI is InChI=1S/C19H19N5O4/c1-26-15-4-3-12(9-16(15)27-2)19(25)24-8-5-13(11-24)17-22-18(28-23-17)14-10-20-6-7-21-14/h3-4,6-7,9-10,13H,5,8,11H2,1-2H3. The smallest absolute Gasteiger partial charge is 0.278 e. The third-order valence-electron chi connectivity index (χ3n) is 4.70. The van der Waals surface area contributed by atoms with Crippen LogP contribution >= 0.6 is 0 Å². The van der Waals surface area contributed by atoms with E-state index < -0.39 is 0 Å². The van der Waals surface area contributed by atoms with Crippen LogP contribution < -0.4 is 9.47 Å². The predicted octanol–water partition coefficient (Wildman–Crippen LogP) is 2.17. The van der Waals surface area contributed by atoms with Crippen molar-refractivity contribution in [1.82, 2.24) is 25.0 Å². The van der Waals surface area contributed by atoms with Gasteiger partial charge in [-0.1, -0.05) is 5.16 Å². The second-order valence-corrected chi connectivity index (χ2v) is 6.35. The van der Waals surface area contributed by atoms with Gasteiger partial charge in [-0.15, -0.1) is 0 Å². The molecule has 9 heteroatoms. The molecule has 28 heavy (non-hydrogen) atoms. The number of methoxy groups -OCH3 is 2. The Balaban J connectivity index is 1.47. The highest BCUT2D eigenvalue weighted by atomic mass is 16.5. The Morgan fingerprint density at radius 3 is 2.82 bits per heavy atom. The Bertz CT molecular complexity index is 975. The molecule has 0 N–H and O–H groups in total. The van der Waals surface area contributed by atoms with E-state index in [1.54, 1.807) is 55.9 Å². The van der Waals surface area contributed by atoms with Gasteiger partial charge >= 0.3 is 0 Å². The van der Waals surface area contributed by atoms with E-state index in [0.29, 0.717) is 47.6 Å². The summed E-state index contributed by atoms with van der Waals surface area (Å²) in [5.74, 6) is 1.95. The zero-order valence-electron chi connectivity index (χ0n) is 15.5. The van der Waals surface area contributed by atoms with E-state index in [0.717, 1.165) is 6.42 Å². The van der Waals surface area contributed by atoms with Gasteiger partial charge in [0.15, 0.2) is 17.3 Å². The average Bonchev–Trinajstić information content (AvgIpc) is 3.43. The maximum absolute atomic E-state index is 12.9. The Morgan fingerprint density at radius 1 is 1.21 bits per heavy atom.